The van der Waals surface area contributed by atoms with Crippen LogP contribution in [0.4, 0.5) is 0 Å². The third kappa shape index (κ3) is 3.35. The van der Waals surface area contributed by atoms with E-state index in [1.807, 2.05) is 6.08 Å². The first kappa shape index (κ1) is 15.7. The van der Waals surface area contributed by atoms with E-state index in [-0.39, 0.29) is 0 Å². The van der Waals surface area contributed by atoms with Crippen LogP contribution in [0.5, 0.6) is 0 Å². The second-order valence-electron chi connectivity index (χ2n) is 9.10. The van der Waals surface area contributed by atoms with Crippen molar-refractivity contribution in [3.8, 4) is 0 Å². The first-order chi connectivity index (χ1) is 11.1. The van der Waals surface area contributed by atoms with E-state index in [4.69, 9.17) is 0 Å². The molecule has 3 heteroatoms. The molecule has 0 unspecified atom stereocenters. The highest BCUT2D eigenvalue weighted by Crippen LogP contribution is 2.61. The van der Waals surface area contributed by atoms with Crippen LogP contribution in [-0.2, 0) is 4.79 Å². The summed E-state index contributed by atoms with van der Waals surface area (Å²) in [6.45, 7) is 7.94. The molecule has 1 amide bonds. The Balaban J connectivity index is 1.25. The summed E-state index contributed by atoms with van der Waals surface area (Å²) in [6, 6.07) is 0. The Morgan fingerprint density at radius 1 is 1.17 bits per heavy atom. The van der Waals surface area contributed by atoms with Crippen LogP contribution in [-0.4, -0.2) is 37.0 Å². The highest BCUT2D eigenvalue weighted by Gasteiger charge is 2.51. The molecule has 1 N–H and O–H groups in total. The lowest BCUT2D eigenvalue weighted by atomic mass is 9.49. The fourth-order valence-electron chi connectivity index (χ4n) is 6.60. The average molecular weight is 316 g/mol. The number of nitrogens with zero attached hydrogens (tertiary/aromatic N) is 1. The minimum absolute atomic E-state index is 0.328. The van der Waals surface area contributed by atoms with Gasteiger partial charge in [-0.3, -0.25) is 9.69 Å². The molecule has 5 fully saturated rings. The lowest BCUT2D eigenvalue weighted by Gasteiger charge is -2.56. The van der Waals surface area contributed by atoms with Gasteiger partial charge in [-0.15, -0.1) is 6.58 Å². The molecule has 1 saturated heterocycles. The normalized spacial score (nSPS) is 42.1. The Morgan fingerprint density at radius 3 is 2.43 bits per heavy atom. The molecule has 3 nitrogen and oxygen atoms in total. The molecule has 4 bridgehead atoms. The van der Waals surface area contributed by atoms with Crippen LogP contribution in [0.2, 0.25) is 0 Å². The number of rotatable bonds is 6. The Bertz CT molecular complexity index is 437. The van der Waals surface area contributed by atoms with Crippen LogP contribution in [0.3, 0.4) is 0 Å². The van der Waals surface area contributed by atoms with E-state index in [1.54, 1.807) is 0 Å². The molecule has 0 aromatic carbocycles. The van der Waals surface area contributed by atoms with E-state index in [1.165, 1.54) is 44.9 Å². The zero-order chi connectivity index (χ0) is 15.9. The topological polar surface area (TPSA) is 32.3 Å². The summed E-state index contributed by atoms with van der Waals surface area (Å²) in [5.74, 6) is 3.79. The van der Waals surface area contributed by atoms with Crippen LogP contribution in [0.1, 0.15) is 51.4 Å². The fraction of sp³-hybridized carbons (Fsp3) is 0.850. The lowest BCUT2D eigenvalue weighted by Crippen LogP contribution is -2.48. The van der Waals surface area contributed by atoms with E-state index in [0.717, 1.165) is 50.4 Å². The Morgan fingerprint density at radius 2 is 1.83 bits per heavy atom. The summed E-state index contributed by atoms with van der Waals surface area (Å²) >= 11 is 0. The van der Waals surface area contributed by atoms with Gasteiger partial charge in [-0.25, -0.2) is 0 Å². The minimum atomic E-state index is 0.328. The van der Waals surface area contributed by atoms with Crippen molar-refractivity contribution in [2.45, 2.75) is 51.4 Å². The number of likely N-dealkylation sites (tertiary alicyclic amines) is 1. The van der Waals surface area contributed by atoms with E-state index < -0.39 is 0 Å². The standard InChI is InChI=1S/C20H32N2O/c1-2-4-22-5-3-15(14-22)13-21-19(23)12-20-9-16-6-17(10-20)8-18(7-16)11-20/h2,15-18H,1,3-14H2,(H,21,23)/t15-,16?,17?,18?,20?/m1/s1. The molecule has 1 atom stereocenters. The van der Waals surface area contributed by atoms with E-state index in [0.29, 0.717) is 17.2 Å². The Hall–Kier alpha value is -0.830. The third-order valence-electron chi connectivity index (χ3n) is 7.05. The third-order valence-corrected chi connectivity index (χ3v) is 7.05. The van der Waals surface area contributed by atoms with Crippen LogP contribution < -0.4 is 5.32 Å². The van der Waals surface area contributed by atoms with Crippen LogP contribution in [0, 0.1) is 29.1 Å². The molecular weight excluding hydrogens is 284 g/mol. The molecule has 4 saturated carbocycles. The number of hydrogen-bond acceptors (Lipinski definition) is 2. The lowest BCUT2D eigenvalue weighted by molar-refractivity contribution is -0.129. The smallest absolute Gasteiger partial charge is 0.220 e. The largest absolute Gasteiger partial charge is 0.356 e. The molecule has 5 aliphatic rings. The molecule has 0 spiro atoms. The monoisotopic (exact) mass is 316 g/mol. The predicted octanol–water partition coefficient (Wildman–Crippen LogP) is 3.22. The summed E-state index contributed by atoms with van der Waals surface area (Å²) in [4.78, 5) is 15.0. The van der Waals surface area contributed by atoms with Crippen molar-refractivity contribution in [2.75, 3.05) is 26.2 Å². The molecule has 1 heterocycles. The van der Waals surface area contributed by atoms with Gasteiger partial charge in [0.2, 0.25) is 5.91 Å². The molecule has 1 aliphatic heterocycles. The van der Waals surface area contributed by atoms with Gasteiger partial charge < -0.3 is 5.32 Å². The number of nitrogens with one attached hydrogen (secondary N) is 1. The molecule has 23 heavy (non-hydrogen) atoms. The predicted molar refractivity (Wildman–Crippen MR) is 93.0 cm³/mol. The van der Waals surface area contributed by atoms with Crippen LogP contribution in [0.25, 0.3) is 0 Å². The van der Waals surface area contributed by atoms with Gasteiger partial charge in [-0.1, -0.05) is 6.08 Å². The van der Waals surface area contributed by atoms with Gasteiger partial charge in [0.1, 0.15) is 0 Å². The summed E-state index contributed by atoms with van der Waals surface area (Å²) in [5.41, 5.74) is 0.378. The van der Waals surface area contributed by atoms with Crippen molar-refractivity contribution < 1.29 is 4.79 Å². The number of carbonyl (C=O) groups is 1. The Kier molecular flexibility index (Phi) is 4.25. The maximum atomic E-state index is 12.6. The van der Waals surface area contributed by atoms with Crippen LogP contribution >= 0.6 is 0 Å². The summed E-state index contributed by atoms with van der Waals surface area (Å²) < 4.78 is 0. The van der Waals surface area contributed by atoms with Crippen molar-refractivity contribution in [3.05, 3.63) is 12.7 Å². The van der Waals surface area contributed by atoms with Crippen molar-refractivity contribution >= 4 is 5.91 Å². The number of amides is 1. The molecule has 0 aromatic heterocycles. The SMILES string of the molecule is C=CCN1CC[C@H](CNC(=O)CC23CC4CC(CC(C4)C2)C3)C1. The van der Waals surface area contributed by atoms with Crippen LogP contribution in [0.15, 0.2) is 12.7 Å². The first-order valence-corrected chi connectivity index (χ1v) is 9.74. The zero-order valence-electron chi connectivity index (χ0n) is 14.4. The maximum Gasteiger partial charge on any atom is 0.220 e. The summed E-state index contributed by atoms with van der Waals surface area (Å²) in [5, 5.41) is 3.27. The average Bonchev–Trinajstić information content (AvgIpc) is 2.91. The Labute approximate surface area is 140 Å². The van der Waals surface area contributed by atoms with Gasteiger partial charge in [-0.2, -0.15) is 0 Å². The molecule has 4 aliphatic carbocycles. The summed E-state index contributed by atoms with van der Waals surface area (Å²) in [6.07, 6.45) is 12.4. The van der Waals surface area contributed by atoms with E-state index in [9.17, 15) is 4.79 Å². The van der Waals surface area contributed by atoms with Gasteiger partial charge in [0.25, 0.3) is 0 Å². The van der Waals surface area contributed by atoms with E-state index >= 15 is 0 Å². The molecule has 0 aromatic rings. The molecule has 128 valence electrons. The van der Waals surface area contributed by atoms with E-state index in [2.05, 4.69) is 16.8 Å². The van der Waals surface area contributed by atoms with Crippen molar-refractivity contribution in [3.63, 3.8) is 0 Å². The zero-order valence-corrected chi connectivity index (χ0v) is 14.4. The highest BCUT2D eigenvalue weighted by atomic mass is 16.1. The second kappa shape index (κ2) is 6.23. The van der Waals surface area contributed by atoms with Gasteiger partial charge in [0.05, 0.1) is 0 Å². The van der Waals surface area contributed by atoms with Gasteiger partial charge in [-0.05, 0) is 80.6 Å². The van der Waals surface area contributed by atoms with Gasteiger partial charge >= 0.3 is 0 Å². The summed E-state index contributed by atoms with van der Waals surface area (Å²) in [7, 11) is 0. The van der Waals surface area contributed by atoms with Gasteiger partial charge in [0.15, 0.2) is 0 Å². The van der Waals surface area contributed by atoms with Gasteiger partial charge in [0, 0.05) is 26.1 Å². The number of hydrogen-bond donors (Lipinski definition) is 1. The quantitative estimate of drug-likeness (QED) is 0.763. The first-order valence-electron chi connectivity index (χ1n) is 9.74. The second-order valence-corrected chi connectivity index (χ2v) is 9.10. The van der Waals surface area contributed by atoms with Crippen molar-refractivity contribution in [2.24, 2.45) is 29.1 Å². The highest BCUT2D eigenvalue weighted by molar-refractivity contribution is 5.76. The molecular formula is C20H32N2O. The molecule has 5 rings (SSSR count). The van der Waals surface area contributed by atoms with Crippen molar-refractivity contribution in [1.82, 2.24) is 10.2 Å². The van der Waals surface area contributed by atoms with Crippen molar-refractivity contribution in [1.29, 1.82) is 0 Å². The number of carbonyl (C=O) groups excluding carboxylic acids is 1. The molecule has 0 radical (unpaired) electrons. The fourth-order valence-corrected chi connectivity index (χ4v) is 6.60. The maximum absolute atomic E-state index is 12.6. The minimum Gasteiger partial charge on any atom is -0.356 e.